The molecule has 0 spiro atoms. The SMILES string of the molecule is COc1cc(CN[C@H](C)CO)cc2c1OCCO2. The van der Waals surface area contributed by atoms with Gasteiger partial charge in [-0.15, -0.1) is 0 Å². The van der Waals surface area contributed by atoms with Gasteiger partial charge in [-0.25, -0.2) is 0 Å². The van der Waals surface area contributed by atoms with Gasteiger partial charge >= 0.3 is 0 Å². The topological polar surface area (TPSA) is 60.0 Å². The molecule has 1 aliphatic heterocycles. The highest BCUT2D eigenvalue weighted by Crippen LogP contribution is 2.40. The van der Waals surface area contributed by atoms with E-state index in [9.17, 15) is 0 Å². The first-order valence-corrected chi connectivity index (χ1v) is 6.05. The van der Waals surface area contributed by atoms with Crippen LogP contribution in [0.4, 0.5) is 0 Å². The molecule has 0 unspecified atom stereocenters. The first-order valence-electron chi connectivity index (χ1n) is 6.05. The van der Waals surface area contributed by atoms with Crippen LogP contribution >= 0.6 is 0 Å². The molecular weight excluding hydrogens is 234 g/mol. The molecule has 2 N–H and O–H groups in total. The van der Waals surface area contributed by atoms with E-state index in [2.05, 4.69) is 5.32 Å². The summed E-state index contributed by atoms with van der Waals surface area (Å²) in [6.07, 6.45) is 0. The van der Waals surface area contributed by atoms with E-state index < -0.39 is 0 Å². The van der Waals surface area contributed by atoms with Gasteiger partial charge in [-0.05, 0) is 24.6 Å². The lowest BCUT2D eigenvalue weighted by molar-refractivity contribution is 0.165. The van der Waals surface area contributed by atoms with Crippen molar-refractivity contribution in [2.75, 3.05) is 26.9 Å². The minimum Gasteiger partial charge on any atom is -0.493 e. The second-order valence-corrected chi connectivity index (χ2v) is 4.29. The van der Waals surface area contributed by atoms with Crippen molar-refractivity contribution in [3.63, 3.8) is 0 Å². The Morgan fingerprint density at radius 1 is 1.39 bits per heavy atom. The number of fused-ring (bicyclic) bond motifs is 1. The van der Waals surface area contributed by atoms with Gasteiger partial charge in [-0.3, -0.25) is 0 Å². The van der Waals surface area contributed by atoms with Crippen LogP contribution in [0.2, 0.25) is 0 Å². The van der Waals surface area contributed by atoms with Crippen molar-refractivity contribution in [3.05, 3.63) is 17.7 Å². The lowest BCUT2D eigenvalue weighted by atomic mass is 10.1. The molecule has 1 atom stereocenters. The van der Waals surface area contributed by atoms with E-state index in [1.54, 1.807) is 7.11 Å². The normalized spacial score (nSPS) is 15.3. The number of aliphatic hydroxyl groups excluding tert-OH is 1. The molecule has 0 aliphatic carbocycles. The second-order valence-electron chi connectivity index (χ2n) is 4.29. The Labute approximate surface area is 107 Å². The van der Waals surface area contributed by atoms with Crippen LogP contribution < -0.4 is 19.5 Å². The quantitative estimate of drug-likeness (QED) is 0.817. The third-order valence-electron chi connectivity index (χ3n) is 2.82. The van der Waals surface area contributed by atoms with Crippen molar-refractivity contribution in [2.45, 2.75) is 19.5 Å². The van der Waals surface area contributed by atoms with Crippen molar-refractivity contribution >= 4 is 0 Å². The Bertz CT molecular complexity index is 391. The van der Waals surface area contributed by atoms with Crippen LogP contribution in [0.25, 0.3) is 0 Å². The fourth-order valence-electron chi connectivity index (χ4n) is 1.79. The largest absolute Gasteiger partial charge is 0.493 e. The molecular formula is C13H19NO4. The average Bonchev–Trinajstić information content (AvgIpc) is 2.43. The second kappa shape index (κ2) is 5.93. The molecule has 0 bridgehead atoms. The highest BCUT2D eigenvalue weighted by atomic mass is 16.6. The summed E-state index contributed by atoms with van der Waals surface area (Å²) in [5, 5.41) is 12.2. The van der Waals surface area contributed by atoms with Crippen molar-refractivity contribution in [3.8, 4) is 17.2 Å². The van der Waals surface area contributed by atoms with Gasteiger partial charge in [-0.2, -0.15) is 0 Å². The number of ether oxygens (including phenoxy) is 3. The first kappa shape index (κ1) is 13.0. The van der Waals surface area contributed by atoms with E-state index in [1.807, 2.05) is 19.1 Å². The molecule has 0 saturated heterocycles. The first-order chi connectivity index (χ1) is 8.74. The van der Waals surface area contributed by atoms with Gasteiger partial charge in [0.25, 0.3) is 0 Å². The van der Waals surface area contributed by atoms with E-state index in [1.165, 1.54) is 0 Å². The summed E-state index contributed by atoms with van der Waals surface area (Å²) < 4.78 is 16.4. The number of nitrogens with one attached hydrogen (secondary N) is 1. The summed E-state index contributed by atoms with van der Waals surface area (Å²) in [6.45, 7) is 3.79. The molecule has 0 radical (unpaired) electrons. The zero-order valence-electron chi connectivity index (χ0n) is 10.7. The summed E-state index contributed by atoms with van der Waals surface area (Å²) in [6, 6.07) is 3.92. The van der Waals surface area contributed by atoms with Gasteiger partial charge in [-0.1, -0.05) is 0 Å². The third-order valence-corrected chi connectivity index (χ3v) is 2.82. The highest BCUT2D eigenvalue weighted by molar-refractivity contribution is 5.54. The van der Waals surface area contributed by atoms with Gasteiger partial charge in [0.1, 0.15) is 13.2 Å². The molecule has 0 aromatic heterocycles. The van der Waals surface area contributed by atoms with Crippen molar-refractivity contribution < 1.29 is 19.3 Å². The number of rotatable bonds is 5. The summed E-state index contributed by atoms with van der Waals surface area (Å²) in [4.78, 5) is 0. The third kappa shape index (κ3) is 2.86. The average molecular weight is 253 g/mol. The van der Waals surface area contributed by atoms with E-state index in [-0.39, 0.29) is 12.6 Å². The maximum Gasteiger partial charge on any atom is 0.203 e. The summed E-state index contributed by atoms with van der Waals surface area (Å²) >= 11 is 0. The van der Waals surface area contributed by atoms with Crippen LogP contribution in [0.15, 0.2) is 12.1 Å². The maximum atomic E-state index is 8.97. The molecule has 100 valence electrons. The molecule has 18 heavy (non-hydrogen) atoms. The van der Waals surface area contributed by atoms with Crippen LogP contribution in [0.3, 0.4) is 0 Å². The van der Waals surface area contributed by atoms with Gasteiger partial charge in [0.2, 0.25) is 5.75 Å². The Morgan fingerprint density at radius 2 is 2.17 bits per heavy atom. The smallest absolute Gasteiger partial charge is 0.203 e. The molecule has 5 nitrogen and oxygen atoms in total. The molecule has 1 aromatic rings. The van der Waals surface area contributed by atoms with E-state index >= 15 is 0 Å². The lowest BCUT2D eigenvalue weighted by Gasteiger charge is -2.22. The summed E-state index contributed by atoms with van der Waals surface area (Å²) in [5.41, 5.74) is 1.04. The van der Waals surface area contributed by atoms with Crippen LogP contribution in [0.1, 0.15) is 12.5 Å². The van der Waals surface area contributed by atoms with E-state index in [0.29, 0.717) is 37.0 Å². The summed E-state index contributed by atoms with van der Waals surface area (Å²) in [5.74, 6) is 2.07. The maximum absolute atomic E-state index is 8.97. The zero-order valence-corrected chi connectivity index (χ0v) is 10.7. The Morgan fingerprint density at radius 3 is 2.89 bits per heavy atom. The molecule has 0 amide bonds. The zero-order chi connectivity index (χ0) is 13.0. The van der Waals surface area contributed by atoms with Gasteiger partial charge < -0.3 is 24.6 Å². The predicted molar refractivity (Wildman–Crippen MR) is 67.4 cm³/mol. The molecule has 2 rings (SSSR count). The van der Waals surface area contributed by atoms with Crippen molar-refractivity contribution in [1.29, 1.82) is 0 Å². The Hall–Kier alpha value is -1.46. The lowest BCUT2D eigenvalue weighted by Crippen LogP contribution is -2.28. The standard InChI is InChI=1S/C13H19NO4/c1-9(8-15)14-7-10-5-11(16-2)13-12(6-10)17-3-4-18-13/h5-6,9,14-15H,3-4,7-8H2,1-2H3/t9-/m1/s1. The Kier molecular flexibility index (Phi) is 4.28. The van der Waals surface area contributed by atoms with E-state index in [4.69, 9.17) is 19.3 Å². The fourth-order valence-corrected chi connectivity index (χ4v) is 1.79. The number of methoxy groups -OCH3 is 1. The highest BCUT2D eigenvalue weighted by Gasteiger charge is 2.18. The molecule has 0 saturated carbocycles. The molecule has 0 fully saturated rings. The van der Waals surface area contributed by atoms with Crippen molar-refractivity contribution in [1.82, 2.24) is 5.32 Å². The monoisotopic (exact) mass is 253 g/mol. The molecule has 5 heteroatoms. The van der Waals surface area contributed by atoms with Gasteiger partial charge in [0, 0.05) is 12.6 Å². The van der Waals surface area contributed by atoms with Crippen molar-refractivity contribution in [2.24, 2.45) is 0 Å². The number of hydrogen-bond donors (Lipinski definition) is 2. The van der Waals surface area contributed by atoms with Crippen LogP contribution in [0.5, 0.6) is 17.2 Å². The van der Waals surface area contributed by atoms with E-state index in [0.717, 1.165) is 5.56 Å². The number of hydrogen-bond acceptors (Lipinski definition) is 5. The minimum atomic E-state index is 0.0594. The van der Waals surface area contributed by atoms with Gasteiger partial charge in [0.15, 0.2) is 11.5 Å². The molecule has 1 aliphatic rings. The fraction of sp³-hybridized carbons (Fsp3) is 0.538. The number of aliphatic hydroxyl groups is 1. The predicted octanol–water partition coefficient (Wildman–Crippen LogP) is 0.937. The van der Waals surface area contributed by atoms with Crippen LogP contribution in [-0.4, -0.2) is 38.1 Å². The van der Waals surface area contributed by atoms with Crippen LogP contribution in [0, 0.1) is 0 Å². The van der Waals surface area contributed by atoms with Crippen LogP contribution in [-0.2, 0) is 6.54 Å². The Balaban J connectivity index is 2.16. The number of benzene rings is 1. The minimum absolute atomic E-state index is 0.0594. The van der Waals surface area contributed by atoms with Gasteiger partial charge in [0.05, 0.1) is 13.7 Å². The molecule has 1 heterocycles. The summed E-state index contributed by atoms with van der Waals surface area (Å²) in [7, 11) is 1.61. The molecule has 1 aromatic carbocycles.